The maximum atomic E-state index is 13.1. The molecule has 8 nitrogen and oxygen atoms in total. The van der Waals surface area contributed by atoms with Gasteiger partial charge in [0.15, 0.2) is 0 Å². The van der Waals surface area contributed by atoms with Crippen molar-refractivity contribution in [2.45, 2.75) is 19.4 Å². The molecular weight excluding hydrogens is 491 g/mol. The Bertz CT molecular complexity index is 1400. The number of carbonyl (C=O) groups is 2. The van der Waals surface area contributed by atoms with Crippen LogP contribution in [0.15, 0.2) is 53.5 Å². The van der Waals surface area contributed by atoms with E-state index in [1.807, 2.05) is 0 Å². The Morgan fingerprint density at radius 1 is 1.14 bits per heavy atom. The first-order valence-electron chi connectivity index (χ1n) is 10.6. The van der Waals surface area contributed by atoms with Crippen LogP contribution in [-0.2, 0) is 4.79 Å². The SMILES string of the molecule is CCC(C(=O)Nc1ccc(C(=O)NC)c(Cl)c1)n1cc(OC)c(-c2cc(Cl)ccc2C#N)cc1=O. The van der Waals surface area contributed by atoms with E-state index in [9.17, 15) is 19.6 Å². The van der Waals surface area contributed by atoms with E-state index in [0.717, 1.165) is 0 Å². The summed E-state index contributed by atoms with van der Waals surface area (Å²) in [5, 5.41) is 15.3. The van der Waals surface area contributed by atoms with E-state index in [4.69, 9.17) is 27.9 Å². The van der Waals surface area contributed by atoms with Crippen molar-refractivity contribution in [2.75, 3.05) is 19.5 Å². The Morgan fingerprint density at radius 2 is 1.89 bits per heavy atom. The van der Waals surface area contributed by atoms with Gasteiger partial charge in [-0.05, 0) is 42.8 Å². The number of amides is 2. The minimum atomic E-state index is -0.863. The van der Waals surface area contributed by atoms with Gasteiger partial charge < -0.3 is 15.4 Å². The fourth-order valence-corrected chi connectivity index (χ4v) is 4.07. The summed E-state index contributed by atoms with van der Waals surface area (Å²) in [6.45, 7) is 1.77. The molecule has 1 aromatic heterocycles. The molecule has 2 aromatic carbocycles. The predicted octanol–water partition coefficient (Wildman–Crippen LogP) is 4.65. The van der Waals surface area contributed by atoms with Gasteiger partial charge in [0, 0.05) is 35.0 Å². The summed E-state index contributed by atoms with van der Waals surface area (Å²) in [5.41, 5.74) is 1.35. The largest absolute Gasteiger partial charge is 0.495 e. The van der Waals surface area contributed by atoms with Crippen LogP contribution in [0.25, 0.3) is 11.1 Å². The first-order chi connectivity index (χ1) is 16.7. The number of methoxy groups -OCH3 is 1. The highest BCUT2D eigenvalue weighted by atomic mass is 35.5. The molecule has 0 bridgehead atoms. The maximum Gasteiger partial charge on any atom is 0.252 e. The van der Waals surface area contributed by atoms with Gasteiger partial charge in [0.25, 0.3) is 11.5 Å². The van der Waals surface area contributed by atoms with Gasteiger partial charge in [0.05, 0.1) is 35.5 Å². The van der Waals surface area contributed by atoms with E-state index >= 15 is 0 Å². The third-order valence-corrected chi connectivity index (χ3v) is 5.94. The fraction of sp³-hybridized carbons (Fsp3) is 0.200. The summed E-state index contributed by atoms with van der Waals surface area (Å²) in [5.74, 6) is -0.501. The van der Waals surface area contributed by atoms with E-state index < -0.39 is 17.5 Å². The third-order valence-electron chi connectivity index (χ3n) is 5.39. The van der Waals surface area contributed by atoms with Gasteiger partial charge in [-0.2, -0.15) is 5.26 Å². The van der Waals surface area contributed by atoms with Crippen molar-refractivity contribution in [2.24, 2.45) is 0 Å². The van der Waals surface area contributed by atoms with E-state index in [1.54, 1.807) is 31.2 Å². The van der Waals surface area contributed by atoms with Crippen LogP contribution in [0.3, 0.4) is 0 Å². The van der Waals surface area contributed by atoms with Crippen molar-refractivity contribution in [3.8, 4) is 22.9 Å². The number of hydrogen-bond acceptors (Lipinski definition) is 5. The number of nitrogens with zero attached hydrogens (tertiary/aromatic N) is 2. The number of nitrogens with one attached hydrogen (secondary N) is 2. The molecule has 180 valence electrons. The summed E-state index contributed by atoms with van der Waals surface area (Å²) >= 11 is 12.3. The molecule has 1 unspecified atom stereocenters. The molecule has 2 N–H and O–H groups in total. The average molecular weight is 513 g/mol. The second-order valence-electron chi connectivity index (χ2n) is 7.49. The first-order valence-corrected chi connectivity index (χ1v) is 11.3. The van der Waals surface area contributed by atoms with Crippen molar-refractivity contribution in [3.63, 3.8) is 0 Å². The lowest BCUT2D eigenvalue weighted by Crippen LogP contribution is -2.32. The molecule has 3 aromatic rings. The van der Waals surface area contributed by atoms with Gasteiger partial charge in [-0.25, -0.2) is 0 Å². The molecule has 1 atom stereocenters. The molecule has 0 aliphatic heterocycles. The molecule has 0 radical (unpaired) electrons. The highest BCUT2D eigenvalue weighted by Crippen LogP contribution is 2.33. The van der Waals surface area contributed by atoms with Crippen molar-refractivity contribution in [3.05, 3.63) is 80.2 Å². The van der Waals surface area contributed by atoms with Crippen LogP contribution in [0, 0.1) is 11.3 Å². The molecule has 0 saturated carbocycles. The summed E-state index contributed by atoms with van der Waals surface area (Å²) in [7, 11) is 2.92. The van der Waals surface area contributed by atoms with Crippen molar-refractivity contribution < 1.29 is 14.3 Å². The van der Waals surface area contributed by atoms with Crippen molar-refractivity contribution >= 4 is 40.7 Å². The van der Waals surface area contributed by atoms with Gasteiger partial charge >= 0.3 is 0 Å². The number of hydrogen-bond donors (Lipinski definition) is 2. The van der Waals surface area contributed by atoms with Crippen molar-refractivity contribution in [1.82, 2.24) is 9.88 Å². The zero-order valence-corrected chi connectivity index (χ0v) is 20.7. The molecule has 0 aliphatic carbocycles. The second-order valence-corrected chi connectivity index (χ2v) is 8.33. The Balaban J connectivity index is 1.98. The molecule has 0 aliphatic rings. The standard InChI is InChI=1S/C25H22Cl2N4O4/c1-4-21(25(34)30-16-7-8-17(20(27)10-16)24(33)29-2)31-13-22(35-3)19(11-23(31)32)18-9-15(26)6-5-14(18)12-28/h5-11,13,21H,4H2,1-3H3,(H,29,33)(H,30,34). The highest BCUT2D eigenvalue weighted by Gasteiger charge is 2.23. The van der Waals surface area contributed by atoms with Crippen molar-refractivity contribution in [1.29, 1.82) is 5.26 Å². The molecular formula is C25H22Cl2N4O4. The Morgan fingerprint density at radius 3 is 2.49 bits per heavy atom. The van der Waals surface area contributed by atoms with E-state index in [-0.39, 0.29) is 16.5 Å². The highest BCUT2D eigenvalue weighted by molar-refractivity contribution is 6.34. The number of anilines is 1. The molecule has 0 fully saturated rings. The lowest BCUT2D eigenvalue weighted by atomic mass is 10.00. The average Bonchev–Trinajstić information content (AvgIpc) is 2.84. The Hall–Kier alpha value is -3.80. The lowest BCUT2D eigenvalue weighted by molar-refractivity contribution is -0.119. The molecule has 1 heterocycles. The minimum absolute atomic E-state index is 0.174. The van der Waals surface area contributed by atoms with Crippen LogP contribution in [-0.4, -0.2) is 30.5 Å². The van der Waals surface area contributed by atoms with E-state index in [1.165, 1.54) is 43.1 Å². The van der Waals surface area contributed by atoms with Gasteiger partial charge in [0.2, 0.25) is 5.91 Å². The fourth-order valence-electron chi connectivity index (χ4n) is 3.63. The number of benzene rings is 2. The zero-order valence-electron chi connectivity index (χ0n) is 19.2. The number of aromatic nitrogens is 1. The maximum absolute atomic E-state index is 13.1. The molecule has 3 rings (SSSR count). The zero-order chi connectivity index (χ0) is 25.7. The number of rotatable bonds is 7. The normalized spacial score (nSPS) is 11.3. The summed E-state index contributed by atoms with van der Waals surface area (Å²) in [6, 6.07) is 11.8. The van der Waals surface area contributed by atoms with Gasteiger partial charge in [-0.1, -0.05) is 30.1 Å². The Labute approximate surface area is 212 Å². The van der Waals surface area contributed by atoms with Gasteiger partial charge in [0.1, 0.15) is 11.8 Å². The Kier molecular flexibility index (Phi) is 8.18. The predicted molar refractivity (Wildman–Crippen MR) is 135 cm³/mol. The molecule has 10 heteroatoms. The van der Waals surface area contributed by atoms with Crippen LogP contribution in [0.2, 0.25) is 10.0 Å². The smallest absolute Gasteiger partial charge is 0.252 e. The molecule has 2 amide bonds. The third kappa shape index (κ3) is 5.48. The second kappa shape index (κ2) is 11.1. The number of nitriles is 1. The first kappa shape index (κ1) is 25.8. The number of ether oxygens (including phenoxy) is 1. The van der Waals surface area contributed by atoms with Crippen LogP contribution >= 0.6 is 23.2 Å². The minimum Gasteiger partial charge on any atom is -0.495 e. The number of halogens is 2. The number of carbonyl (C=O) groups excluding carboxylic acids is 2. The van der Waals surface area contributed by atoms with E-state index in [2.05, 4.69) is 16.7 Å². The van der Waals surface area contributed by atoms with Gasteiger partial charge in [-0.15, -0.1) is 0 Å². The van der Waals surface area contributed by atoms with Crippen LogP contribution in [0.1, 0.15) is 35.3 Å². The molecule has 0 spiro atoms. The topological polar surface area (TPSA) is 113 Å². The van der Waals surface area contributed by atoms with Crippen LogP contribution < -0.4 is 20.9 Å². The van der Waals surface area contributed by atoms with Gasteiger partial charge in [-0.3, -0.25) is 19.0 Å². The molecule has 35 heavy (non-hydrogen) atoms. The summed E-state index contributed by atoms with van der Waals surface area (Å²) in [4.78, 5) is 38.0. The summed E-state index contributed by atoms with van der Waals surface area (Å²) in [6.07, 6.45) is 1.74. The lowest BCUT2D eigenvalue weighted by Gasteiger charge is -2.20. The summed E-state index contributed by atoms with van der Waals surface area (Å²) < 4.78 is 6.76. The van der Waals surface area contributed by atoms with E-state index in [0.29, 0.717) is 39.6 Å². The number of pyridine rings is 1. The van der Waals surface area contributed by atoms with Crippen LogP contribution in [0.5, 0.6) is 5.75 Å². The quantitative estimate of drug-likeness (QED) is 0.478. The monoisotopic (exact) mass is 512 g/mol. The van der Waals surface area contributed by atoms with Crippen LogP contribution in [0.4, 0.5) is 5.69 Å². The molecule has 0 saturated heterocycles.